The lowest BCUT2D eigenvalue weighted by Crippen LogP contribution is -2.38. The van der Waals surface area contributed by atoms with Gasteiger partial charge in [0.25, 0.3) is 0 Å². The van der Waals surface area contributed by atoms with Gasteiger partial charge in [-0.25, -0.2) is 4.99 Å². The summed E-state index contributed by atoms with van der Waals surface area (Å²) < 4.78 is 2.22. The van der Waals surface area contributed by atoms with E-state index < -0.39 is 0 Å². The van der Waals surface area contributed by atoms with Crippen LogP contribution in [0.5, 0.6) is 0 Å². The Bertz CT molecular complexity index is 676. The fourth-order valence-electron chi connectivity index (χ4n) is 2.99. The van der Waals surface area contributed by atoms with Crippen LogP contribution in [0.1, 0.15) is 49.9 Å². The lowest BCUT2D eigenvalue weighted by molar-refractivity contribution is 0.508. The van der Waals surface area contributed by atoms with Crippen molar-refractivity contribution in [1.29, 1.82) is 0 Å². The van der Waals surface area contributed by atoms with Crippen LogP contribution in [0.2, 0.25) is 0 Å². The second kappa shape index (κ2) is 7.95. The van der Waals surface area contributed by atoms with Gasteiger partial charge in [0.2, 0.25) is 0 Å². The first-order chi connectivity index (χ1) is 11.8. The van der Waals surface area contributed by atoms with Crippen LogP contribution in [0, 0.1) is 0 Å². The second-order valence-electron chi connectivity index (χ2n) is 6.11. The molecule has 0 radical (unpaired) electrons. The van der Waals surface area contributed by atoms with E-state index in [0.717, 1.165) is 37.1 Å². The minimum Gasteiger partial charge on any atom is -0.357 e. The second-order valence-corrected chi connectivity index (χ2v) is 6.11. The summed E-state index contributed by atoms with van der Waals surface area (Å²) in [4.78, 5) is 4.70. The van der Waals surface area contributed by atoms with Crippen LogP contribution in [-0.2, 0) is 19.5 Å². The van der Waals surface area contributed by atoms with Gasteiger partial charge in [-0.3, -0.25) is 0 Å². The maximum Gasteiger partial charge on any atom is 0.192 e. The highest BCUT2D eigenvalue weighted by atomic mass is 15.3. The number of rotatable bonds is 5. The smallest absolute Gasteiger partial charge is 0.192 e. The van der Waals surface area contributed by atoms with E-state index in [1.807, 2.05) is 6.07 Å². The third-order valence-corrected chi connectivity index (χ3v) is 4.31. The monoisotopic (exact) mass is 326 g/mol. The van der Waals surface area contributed by atoms with E-state index in [1.165, 1.54) is 18.4 Å². The number of fused-ring (bicyclic) bond motifs is 1. The zero-order chi connectivity index (χ0) is 16.8. The van der Waals surface area contributed by atoms with Gasteiger partial charge in [-0.1, -0.05) is 30.3 Å². The maximum absolute atomic E-state index is 4.70. The van der Waals surface area contributed by atoms with Gasteiger partial charge in [0.1, 0.15) is 12.4 Å². The van der Waals surface area contributed by atoms with Crippen LogP contribution in [0.4, 0.5) is 0 Å². The first kappa shape index (κ1) is 16.5. The molecule has 1 unspecified atom stereocenters. The van der Waals surface area contributed by atoms with Crippen molar-refractivity contribution in [2.45, 2.75) is 52.2 Å². The molecule has 0 spiro atoms. The van der Waals surface area contributed by atoms with Crippen LogP contribution >= 0.6 is 0 Å². The largest absolute Gasteiger partial charge is 0.357 e. The highest BCUT2D eigenvalue weighted by Gasteiger charge is 2.15. The van der Waals surface area contributed by atoms with Crippen molar-refractivity contribution < 1.29 is 0 Å². The van der Waals surface area contributed by atoms with Crippen LogP contribution in [-0.4, -0.2) is 27.3 Å². The molecule has 1 aliphatic rings. The van der Waals surface area contributed by atoms with Gasteiger partial charge in [0.05, 0.1) is 6.04 Å². The molecule has 6 nitrogen and oxygen atoms in total. The van der Waals surface area contributed by atoms with Gasteiger partial charge in [-0.15, -0.1) is 10.2 Å². The summed E-state index contributed by atoms with van der Waals surface area (Å²) in [6, 6.07) is 10.6. The maximum atomic E-state index is 4.70. The fraction of sp³-hybridized carbons (Fsp3) is 0.500. The number of benzene rings is 1. The standard InChI is InChI=1S/C18H26N6/c1-3-19-18(21-14(2)15-9-5-4-6-10-15)20-13-17-23-22-16-11-7-8-12-24(16)17/h4-6,9-10,14H,3,7-8,11-13H2,1-2H3,(H2,19,20,21). The van der Waals surface area contributed by atoms with E-state index >= 15 is 0 Å². The average molecular weight is 326 g/mol. The van der Waals surface area contributed by atoms with E-state index in [2.05, 4.69) is 63.5 Å². The van der Waals surface area contributed by atoms with Crippen molar-refractivity contribution in [2.24, 2.45) is 4.99 Å². The van der Waals surface area contributed by atoms with Crippen molar-refractivity contribution in [3.63, 3.8) is 0 Å². The molecule has 2 heterocycles. The van der Waals surface area contributed by atoms with Gasteiger partial charge < -0.3 is 15.2 Å². The fourth-order valence-corrected chi connectivity index (χ4v) is 2.99. The van der Waals surface area contributed by atoms with Gasteiger partial charge in [0, 0.05) is 19.5 Å². The normalized spacial score (nSPS) is 15.7. The molecule has 6 heteroatoms. The van der Waals surface area contributed by atoms with Gasteiger partial charge in [0.15, 0.2) is 11.8 Å². The minimum atomic E-state index is 0.191. The van der Waals surface area contributed by atoms with E-state index in [0.29, 0.717) is 6.54 Å². The van der Waals surface area contributed by atoms with Crippen LogP contribution in [0.3, 0.4) is 0 Å². The van der Waals surface area contributed by atoms with Crippen molar-refractivity contribution in [1.82, 2.24) is 25.4 Å². The highest BCUT2D eigenvalue weighted by Crippen LogP contribution is 2.15. The first-order valence-corrected chi connectivity index (χ1v) is 8.78. The van der Waals surface area contributed by atoms with Crippen molar-refractivity contribution in [3.8, 4) is 0 Å². The lowest BCUT2D eigenvalue weighted by atomic mass is 10.1. The molecule has 0 saturated carbocycles. The summed E-state index contributed by atoms with van der Waals surface area (Å²) in [6.45, 7) is 6.59. The van der Waals surface area contributed by atoms with E-state index in [1.54, 1.807) is 0 Å². The van der Waals surface area contributed by atoms with Crippen molar-refractivity contribution in [3.05, 3.63) is 47.5 Å². The molecule has 0 saturated heterocycles. The Kier molecular flexibility index (Phi) is 5.46. The third-order valence-electron chi connectivity index (χ3n) is 4.31. The van der Waals surface area contributed by atoms with Crippen LogP contribution < -0.4 is 10.6 Å². The third kappa shape index (κ3) is 3.93. The molecule has 1 aromatic heterocycles. The van der Waals surface area contributed by atoms with E-state index in [-0.39, 0.29) is 6.04 Å². The Hall–Kier alpha value is -2.37. The lowest BCUT2D eigenvalue weighted by Gasteiger charge is -2.18. The topological polar surface area (TPSA) is 67.1 Å². The van der Waals surface area contributed by atoms with Gasteiger partial charge in [-0.2, -0.15) is 0 Å². The summed E-state index contributed by atoms with van der Waals surface area (Å²) in [7, 11) is 0. The summed E-state index contributed by atoms with van der Waals surface area (Å²) >= 11 is 0. The molecule has 0 aliphatic carbocycles. The van der Waals surface area contributed by atoms with E-state index in [9.17, 15) is 0 Å². The summed E-state index contributed by atoms with van der Waals surface area (Å²) in [6.07, 6.45) is 3.44. The molecule has 1 aromatic carbocycles. The molecule has 1 atom stereocenters. The molecule has 0 fully saturated rings. The molecule has 128 valence electrons. The number of aromatic nitrogens is 3. The van der Waals surface area contributed by atoms with Crippen molar-refractivity contribution >= 4 is 5.96 Å². The average Bonchev–Trinajstić information content (AvgIpc) is 3.04. The Morgan fingerprint density at radius 2 is 2.08 bits per heavy atom. The predicted molar refractivity (Wildman–Crippen MR) is 95.8 cm³/mol. The molecule has 0 bridgehead atoms. The van der Waals surface area contributed by atoms with Crippen LogP contribution in [0.15, 0.2) is 35.3 Å². The number of nitrogens with one attached hydrogen (secondary N) is 2. The van der Waals surface area contributed by atoms with E-state index in [4.69, 9.17) is 4.99 Å². The molecule has 2 aromatic rings. The minimum absolute atomic E-state index is 0.191. The Balaban J connectivity index is 1.68. The Morgan fingerprint density at radius 3 is 2.88 bits per heavy atom. The molecular weight excluding hydrogens is 300 g/mol. The first-order valence-electron chi connectivity index (χ1n) is 8.78. The molecule has 0 amide bonds. The van der Waals surface area contributed by atoms with Gasteiger partial charge in [-0.05, 0) is 32.3 Å². The van der Waals surface area contributed by atoms with Gasteiger partial charge >= 0.3 is 0 Å². The highest BCUT2D eigenvalue weighted by molar-refractivity contribution is 5.80. The summed E-state index contributed by atoms with van der Waals surface area (Å²) in [5.41, 5.74) is 1.24. The number of guanidine groups is 1. The molecule has 3 rings (SSSR count). The summed E-state index contributed by atoms with van der Waals surface area (Å²) in [5.74, 6) is 2.86. The molecule has 24 heavy (non-hydrogen) atoms. The SMILES string of the molecule is CCNC(=NCc1nnc2n1CCCC2)NC(C)c1ccccc1. The quantitative estimate of drug-likeness (QED) is 0.654. The number of aliphatic imine (C=N–C) groups is 1. The summed E-state index contributed by atoms with van der Waals surface area (Å²) in [5, 5.41) is 15.4. The molecular formula is C18H26N6. The van der Waals surface area contributed by atoms with Crippen molar-refractivity contribution in [2.75, 3.05) is 6.54 Å². The predicted octanol–water partition coefficient (Wildman–Crippen LogP) is 2.43. The molecule has 1 aliphatic heterocycles. The Morgan fingerprint density at radius 1 is 1.25 bits per heavy atom. The molecule has 2 N–H and O–H groups in total. The zero-order valence-electron chi connectivity index (χ0n) is 14.5. The zero-order valence-corrected chi connectivity index (χ0v) is 14.5. The number of nitrogens with zero attached hydrogens (tertiary/aromatic N) is 4. The number of aryl methyl sites for hydroxylation is 1. The van der Waals surface area contributed by atoms with Crippen LogP contribution in [0.25, 0.3) is 0 Å². The Labute approximate surface area is 143 Å². The number of hydrogen-bond donors (Lipinski definition) is 2. The number of hydrogen-bond acceptors (Lipinski definition) is 3.